The maximum absolute atomic E-state index is 11.6. The van der Waals surface area contributed by atoms with Crippen LogP contribution in [0.15, 0.2) is 30.3 Å². The summed E-state index contributed by atoms with van der Waals surface area (Å²) in [5.41, 5.74) is 6.97. The molecule has 2 N–H and O–H groups in total. The van der Waals surface area contributed by atoms with E-state index in [0.717, 1.165) is 18.4 Å². The fourth-order valence-corrected chi connectivity index (χ4v) is 1.52. The molecule has 0 aliphatic rings. The Bertz CT molecular complexity index is 300. The average molecular weight is 242 g/mol. The van der Waals surface area contributed by atoms with Crippen LogP contribution in [-0.2, 0) is 11.2 Å². The highest BCUT2D eigenvalue weighted by Gasteiger charge is 2.12. The van der Waals surface area contributed by atoms with Gasteiger partial charge in [0.2, 0.25) is 0 Å². The number of carbonyl (C=O) groups excluding carboxylic acids is 1. The number of hydrogen-bond acceptors (Lipinski definition) is 2. The lowest BCUT2D eigenvalue weighted by Crippen LogP contribution is -2.32. The van der Waals surface area contributed by atoms with Crippen molar-refractivity contribution in [3.8, 4) is 0 Å². The molecule has 3 heteroatoms. The third-order valence-electron chi connectivity index (χ3n) is 2.49. The first-order chi connectivity index (χ1) is 7.24. The first-order valence-corrected chi connectivity index (χ1v) is 5.56. The van der Waals surface area contributed by atoms with Gasteiger partial charge < -0.3 is 5.73 Å². The summed E-state index contributed by atoms with van der Waals surface area (Å²) in [6.07, 6.45) is 3.26. The Kier molecular flexibility index (Phi) is 7.86. The first-order valence-electron chi connectivity index (χ1n) is 5.56. The van der Waals surface area contributed by atoms with Crippen LogP contribution in [0.25, 0.3) is 0 Å². The number of benzene rings is 1. The predicted octanol–water partition coefficient (Wildman–Crippen LogP) is 2.74. The number of halogens is 1. The van der Waals surface area contributed by atoms with Crippen molar-refractivity contribution in [1.29, 1.82) is 0 Å². The summed E-state index contributed by atoms with van der Waals surface area (Å²) in [6.45, 7) is 2.08. The van der Waals surface area contributed by atoms with Crippen molar-refractivity contribution in [2.75, 3.05) is 0 Å². The molecule has 1 aromatic rings. The van der Waals surface area contributed by atoms with Crippen molar-refractivity contribution in [2.45, 2.75) is 38.6 Å². The summed E-state index contributed by atoms with van der Waals surface area (Å²) in [5, 5.41) is 0. The van der Waals surface area contributed by atoms with Gasteiger partial charge in [0.25, 0.3) is 0 Å². The molecule has 1 unspecified atom stereocenters. The molecule has 0 bridgehead atoms. The SMILES string of the molecule is CCCCC(=O)C(N)Cc1ccccc1.Cl. The van der Waals surface area contributed by atoms with Crippen LogP contribution in [0.3, 0.4) is 0 Å². The van der Waals surface area contributed by atoms with Gasteiger partial charge in [0.05, 0.1) is 6.04 Å². The van der Waals surface area contributed by atoms with Crippen LogP contribution in [0, 0.1) is 0 Å². The Hall–Kier alpha value is -0.860. The number of ketones is 1. The fraction of sp³-hybridized carbons (Fsp3) is 0.462. The molecular weight excluding hydrogens is 222 g/mol. The highest BCUT2D eigenvalue weighted by atomic mass is 35.5. The maximum atomic E-state index is 11.6. The zero-order valence-electron chi connectivity index (χ0n) is 9.69. The van der Waals surface area contributed by atoms with E-state index in [1.165, 1.54) is 0 Å². The minimum Gasteiger partial charge on any atom is -0.321 e. The second kappa shape index (κ2) is 8.31. The van der Waals surface area contributed by atoms with Crippen molar-refractivity contribution in [3.63, 3.8) is 0 Å². The quantitative estimate of drug-likeness (QED) is 0.832. The molecule has 0 aromatic heterocycles. The van der Waals surface area contributed by atoms with Gasteiger partial charge in [-0.3, -0.25) is 4.79 Å². The van der Waals surface area contributed by atoms with E-state index < -0.39 is 0 Å². The molecule has 0 radical (unpaired) electrons. The lowest BCUT2D eigenvalue weighted by atomic mass is 10.0. The van der Waals surface area contributed by atoms with Crippen LogP contribution in [0.5, 0.6) is 0 Å². The monoisotopic (exact) mass is 241 g/mol. The average Bonchev–Trinajstić information content (AvgIpc) is 2.27. The number of Topliss-reactive ketones (excluding diaryl/α,β-unsaturated/α-hetero) is 1. The van der Waals surface area contributed by atoms with Gasteiger partial charge in [0.1, 0.15) is 5.78 Å². The minimum atomic E-state index is -0.334. The van der Waals surface area contributed by atoms with Crippen LogP contribution in [0.4, 0.5) is 0 Å². The van der Waals surface area contributed by atoms with Gasteiger partial charge in [0, 0.05) is 6.42 Å². The number of rotatable bonds is 6. The number of hydrogen-bond donors (Lipinski definition) is 1. The smallest absolute Gasteiger partial charge is 0.149 e. The van der Waals surface area contributed by atoms with Gasteiger partial charge >= 0.3 is 0 Å². The summed E-state index contributed by atoms with van der Waals surface area (Å²) >= 11 is 0. The molecule has 2 nitrogen and oxygen atoms in total. The van der Waals surface area contributed by atoms with Crippen molar-refractivity contribution >= 4 is 18.2 Å². The van der Waals surface area contributed by atoms with E-state index in [0.29, 0.717) is 12.8 Å². The van der Waals surface area contributed by atoms with Gasteiger partial charge in [-0.05, 0) is 18.4 Å². The van der Waals surface area contributed by atoms with Crippen molar-refractivity contribution in [3.05, 3.63) is 35.9 Å². The van der Waals surface area contributed by atoms with Gasteiger partial charge in [-0.2, -0.15) is 0 Å². The molecule has 0 fully saturated rings. The lowest BCUT2D eigenvalue weighted by Gasteiger charge is -2.09. The Morgan fingerprint density at radius 3 is 2.50 bits per heavy atom. The van der Waals surface area contributed by atoms with Crippen molar-refractivity contribution < 1.29 is 4.79 Å². The van der Waals surface area contributed by atoms with Gasteiger partial charge in [-0.15, -0.1) is 12.4 Å². The highest BCUT2D eigenvalue weighted by Crippen LogP contribution is 2.05. The Balaban J connectivity index is 0.00000225. The summed E-state index contributed by atoms with van der Waals surface area (Å²) in [7, 11) is 0. The Labute approximate surface area is 104 Å². The fourth-order valence-electron chi connectivity index (χ4n) is 1.52. The molecule has 0 saturated carbocycles. The van der Waals surface area contributed by atoms with E-state index in [2.05, 4.69) is 6.92 Å². The van der Waals surface area contributed by atoms with E-state index in [1.54, 1.807) is 0 Å². The van der Waals surface area contributed by atoms with E-state index in [1.807, 2.05) is 30.3 Å². The largest absolute Gasteiger partial charge is 0.321 e. The van der Waals surface area contributed by atoms with E-state index in [9.17, 15) is 4.79 Å². The summed E-state index contributed by atoms with van der Waals surface area (Å²) in [6, 6.07) is 9.59. The second-order valence-corrected chi connectivity index (χ2v) is 3.87. The van der Waals surface area contributed by atoms with E-state index in [-0.39, 0.29) is 24.2 Å². The Morgan fingerprint density at radius 2 is 1.94 bits per heavy atom. The molecule has 0 saturated heterocycles. The van der Waals surface area contributed by atoms with Gasteiger partial charge in [-0.25, -0.2) is 0 Å². The summed E-state index contributed by atoms with van der Waals surface area (Å²) in [5.74, 6) is 0.181. The molecule has 0 heterocycles. The Morgan fingerprint density at radius 1 is 1.31 bits per heavy atom. The molecule has 1 atom stereocenters. The predicted molar refractivity (Wildman–Crippen MR) is 69.9 cm³/mol. The number of carbonyl (C=O) groups is 1. The van der Waals surface area contributed by atoms with Gasteiger partial charge in [0.15, 0.2) is 0 Å². The van der Waals surface area contributed by atoms with Crippen LogP contribution < -0.4 is 5.73 Å². The third-order valence-corrected chi connectivity index (χ3v) is 2.49. The highest BCUT2D eigenvalue weighted by molar-refractivity contribution is 5.85. The van der Waals surface area contributed by atoms with E-state index >= 15 is 0 Å². The van der Waals surface area contributed by atoms with Crippen LogP contribution >= 0.6 is 12.4 Å². The summed E-state index contributed by atoms with van der Waals surface area (Å²) < 4.78 is 0. The third kappa shape index (κ3) is 5.29. The molecule has 0 amide bonds. The van der Waals surface area contributed by atoms with Crippen LogP contribution in [-0.4, -0.2) is 11.8 Å². The number of unbranched alkanes of at least 4 members (excludes halogenated alkanes) is 1. The first kappa shape index (κ1) is 15.1. The molecule has 16 heavy (non-hydrogen) atoms. The van der Waals surface area contributed by atoms with Crippen molar-refractivity contribution in [2.24, 2.45) is 5.73 Å². The normalized spacial score (nSPS) is 11.6. The van der Waals surface area contributed by atoms with Crippen molar-refractivity contribution in [1.82, 2.24) is 0 Å². The van der Waals surface area contributed by atoms with Crippen LogP contribution in [0.1, 0.15) is 31.7 Å². The lowest BCUT2D eigenvalue weighted by molar-refractivity contribution is -0.120. The second-order valence-electron chi connectivity index (χ2n) is 3.87. The van der Waals surface area contributed by atoms with Gasteiger partial charge in [-0.1, -0.05) is 43.7 Å². The van der Waals surface area contributed by atoms with Crippen LogP contribution in [0.2, 0.25) is 0 Å². The molecule has 0 aliphatic heterocycles. The zero-order chi connectivity index (χ0) is 11.1. The molecule has 1 rings (SSSR count). The topological polar surface area (TPSA) is 43.1 Å². The molecule has 1 aromatic carbocycles. The molecule has 0 spiro atoms. The standard InChI is InChI=1S/C13H19NO.ClH/c1-2-3-9-13(15)12(14)10-11-7-5-4-6-8-11;/h4-8,12H,2-3,9-10,14H2,1H3;1H. The maximum Gasteiger partial charge on any atom is 0.149 e. The summed E-state index contributed by atoms with van der Waals surface area (Å²) in [4.78, 5) is 11.6. The molecule has 90 valence electrons. The number of nitrogens with two attached hydrogens (primary N) is 1. The minimum absolute atomic E-state index is 0. The molecule has 0 aliphatic carbocycles. The van der Waals surface area contributed by atoms with E-state index in [4.69, 9.17) is 5.73 Å². The zero-order valence-corrected chi connectivity index (χ0v) is 10.5. The molecular formula is C13H20ClNO.